The average Bonchev–Trinajstić information content (AvgIpc) is 2.24. The van der Waals surface area contributed by atoms with E-state index < -0.39 is 5.82 Å². The second kappa shape index (κ2) is 3.49. The van der Waals surface area contributed by atoms with Crippen LogP contribution in [0.25, 0.3) is 11.0 Å². The Kier molecular flexibility index (Phi) is 2.30. The molecule has 1 aromatic carbocycles. The van der Waals surface area contributed by atoms with Crippen molar-refractivity contribution in [2.24, 2.45) is 0 Å². The van der Waals surface area contributed by atoms with E-state index in [4.69, 9.17) is 7.85 Å². The van der Waals surface area contributed by atoms with Crippen LogP contribution in [0.1, 0.15) is 14.0 Å². The van der Waals surface area contributed by atoms with Crippen LogP contribution in [-0.2, 0) is 6.42 Å². The van der Waals surface area contributed by atoms with Crippen molar-refractivity contribution in [3.05, 3.63) is 34.0 Å². The summed E-state index contributed by atoms with van der Waals surface area (Å²) in [5, 5.41) is 0. The van der Waals surface area contributed by atoms with E-state index in [1.54, 1.807) is 6.07 Å². The van der Waals surface area contributed by atoms with Gasteiger partial charge < -0.3 is 4.98 Å². The summed E-state index contributed by atoms with van der Waals surface area (Å²) in [6, 6.07) is 3.02. The number of nitrogens with zero attached hydrogens (tertiary/aromatic N) is 1. The fourth-order valence-electron chi connectivity index (χ4n) is 1.42. The van der Waals surface area contributed by atoms with Gasteiger partial charge in [0.05, 0.1) is 5.52 Å². The van der Waals surface area contributed by atoms with E-state index in [2.05, 4.69) is 9.97 Å². The van der Waals surface area contributed by atoms with Crippen molar-refractivity contribution in [3.8, 4) is 0 Å². The maximum atomic E-state index is 13.5. The molecule has 0 amide bonds. The highest BCUT2D eigenvalue weighted by Gasteiger charge is 2.08. The lowest BCUT2D eigenvalue weighted by Crippen LogP contribution is -2.18. The number of aromatic nitrogens is 2. The fraction of sp³-hybridized carbons (Fsp3) is 0.200. The van der Waals surface area contributed by atoms with E-state index >= 15 is 0 Å². The first-order valence-corrected chi connectivity index (χ1v) is 4.60. The smallest absolute Gasteiger partial charge is 0.270 e. The molecule has 0 aliphatic rings. The van der Waals surface area contributed by atoms with E-state index in [1.807, 2.05) is 6.92 Å². The van der Waals surface area contributed by atoms with Crippen LogP contribution in [0.5, 0.6) is 0 Å². The number of aryl methyl sites for hydroxylation is 1. The van der Waals surface area contributed by atoms with Gasteiger partial charge in [-0.1, -0.05) is 18.5 Å². The molecule has 15 heavy (non-hydrogen) atoms. The van der Waals surface area contributed by atoms with Crippen molar-refractivity contribution in [2.45, 2.75) is 13.3 Å². The van der Waals surface area contributed by atoms with Crippen molar-refractivity contribution >= 4 is 24.3 Å². The standard InChI is InChI=1S/C10H8BFN2O.H2/c1-2-6-10(15)14-9-7(13-6)4-3-5(11)8(9)12;/h3-4H,2H2,1H3,(H,14,15);1H. The number of hydrogen-bond acceptors (Lipinski definition) is 2. The zero-order valence-corrected chi connectivity index (χ0v) is 8.17. The minimum Gasteiger partial charge on any atom is -0.317 e. The Morgan fingerprint density at radius 2 is 2.33 bits per heavy atom. The highest BCUT2D eigenvalue weighted by molar-refractivity contribution is 6.33. The SMILES string of the molecule is [B]c1ccc2nc(CC)c(=O)[nH]c2c1F.[HH]. The summed E-state index contributed by atoms with van der Waals surface area (Å²) in [6.45, 7) is 1.82. The lowest BCUT2D eigenvalue weighted by atomic mass is 9.95. The number of nitrogens with one attached hydrogen (secondary N) is 1. The second-order valence-corrected chi connectivity index (χ2v) is 3.23. The molecule has 0 saturated carbocycles. The van der Waals surface area contributed by atoms with Crippen LogP contribution in [0, 0.1) is 5.82 Å². The van der Waals surface area contributed by atoms with Crippen LogP contribution in [-0.4, -0.2) is 17.8 Å². The molecule has 1 aromatic heterocycles. The van der Waals surface area contributed by atoms with Crippen LogP contribution in [0.2, 0.25) is 0 Å². The van der Waals surface area contributed by atoms with Crippen molar-refractivity contribution < 1.29 is 5.82 Å². The monoisotopic (exact) mass is 204 g/mol. The van der Waals surface area contributed by atoms with E-state index in [0.29, 0.717) is 17.6 Å². The van der Waals surface area contributed by atoms with Gasteiger partial charge in [0.25, 0.3) is 5.56 Å². The molecule has 3 nitrogen and oxygen atoms in total. The molecule has 76 valence electrons. The van der Waals surface area contributed by atoms with Gasteiger partial charge in [-0.2, -0.15) is 0 Å². The summed E-state index contributed by atoms with van der Waals surface area (Å²) < 4.78 is 13.5. The summed E-state index contributed by atoms with van der Waals surface area (Å²) in [4.78, 5) is 17.9. The molecule has 0 atom stereocenters. The summed E-state index contributed by atoms with van der Waals surface area (Å²) in [5.41, 5.74) is 0.515. The molecule has 0 bridgehead atoms. The minimum absolute atomic E-state index is 0. The number of H-pyrrole nitrogens is 1. The Hall–Kier alpha value is -1.65. The third kappa shape index (κ3) is 1.54. The first kappa shape index (κ1) is 9.89. The first-order chi connectivity index (χ1) is 7.13. The molecule has 0 aliphatic carbocycles. The molecule has 2 aromatic rings. The summed E-state index contributed by atoms with van der Waals surface area (Å²) in [6.07, 6.45) is 0.511. The van der Waals surface area contributed by atoms with Gasteiger partial charge in [0, 0.05) is 1.43 Å². The van der Waals surface area contributed by atoms with Gasteiger partial charge in [-0.3, -0.25) is 4.79 Å². The van der Waals surface area contributed by atoms with Crippen molar-refractivity contribution in [1.82, 2.24) is 9.97 Å². The van der Waals surface area contributed by atoms with Gasteiger partial charge in [0.1, 0.15) is 24.9 Å². The third-order valence-corrected chi connectivity index (χ3v) is 2.24. The highest BCUT2D eigenvalue weighted by atomic mass is 19.1. The van der Waals surface area contributed by atoms with E-state index in [-0.39, 0.29) is 18.0 Å². The normalized spacial score (nSPS) is 10.8. The maximum absolute atomic E-state index is 13.5. The van der Waals surface area contributed by atoms with Gasteiger partial charge in [-0.05, 0) is 12.5 Å². The maximum Gasteiger partial charge on any atom is 0.270 e. The van der Waals surface area contributed by atoms with Gasteiger partial charge in [0.2, 0.25) is 0 Å². The van der Waals surface area contributed by atoms with E-state index in [1.165, 1.54) is 6.07 Å². The Balaban J connectivity index is 0.00000128. The first-order valence-electron chi connectivity index (χ1n) is 4.60. The Morgan fingerprint density at radius 3 is 3.00 bits per heavy atom. The molecule has 1 heterocycles. The lowest BCUT2D eigenvalue weighted by Gasteiger charge is -2.03. The van der Waals surface area contributed by atoms with Crippen molar-refractivity contribution in [1.29, 1.82) is 0 Å². The third-order valence-electron chi connectivity index (χ3n) is 2.24. The molecule has 2 radical (unpaired) electrons. The zero-order valence-electron chi connectivity index (χ0n) is 8.17. The molecular weight excluding hydrogens is 194 g/mol. The van der Waals surface area contributed by atoms with Crippen LogP contribution < -0.4 is 11.0 Å². The summed E-state index contributed by atoms with van der Waals surface area (Å²) in [5.74, 6) is -0.625. The number of rotatable bonds is 1. The second-order valence-electron chi connectivity index (χ2n) is 3.23. The van der Waals surface area contributed by atoms with Crippen LogP contribution in [0.15, 0.2) is 16.9 Å². The molecule has 0 saturated heterocycles. The zero-order chi connectivity index (χ0) is 11.0. The average molecular weight is 204 g/mol. The number of aromatic amines is 1. The fourth-order valence-corrected chi connectivity index (χ4v) is 1.42. The summed E-state index contributed by atoms with van der Waals surface area (Å²) >= 11 is 0. The van der Waals surface area contributed by atoms with Crippen molar-refractivity contribution in [3.63, 3.8) is 0 Å². The predicted molar refractivity (Wildman–Crippen MR) is 59.2 cm³/mol. The van der Waals surface area contributed by atoms with E-state index in [0.717, 1.165) is 0 Å². The van der Waals surface area contributed by atoms with Gasteiger partial charge in [-0.15, -0.1) is 0 Å². The predicted octanol–water partition coefficient (Wildman–Crippen LogP) is 0.664. The molecule has 0 spiro atoms. The van der Waals surface area contributed by atoms with Crippen LogP contribution >= 0.6 is 0 Å². The number of benzene rings is 1. The van der Waals surface area contributed by atoms with Crippen LogP contribution in [0.3, 0.4) is 0 Å². The number of hydrogen-bond donors (Lipinski definition) is 1. The minimum atomic E-state index is -0.625. The lowest BCUT2D eigenvalue weighted by molar-refractivity contribution is 0.643. The van der Waals surface area contributed by atoms with Gasteiger partial charge in [0.15, 0.2) is 0 Å². The van der Waals surface area contributed by atoms with Crippen molar-refractivity contribution in [2.75, 3.05) is 0 Å². The molecule has 5 heteroatoms. The molecule has 0 unspecified atom stereocenters. The molecule has 2 rings (SSSR count). The number of halogens is 1. The quantitative estimate of drug-likeness (QED) is 0.693. The van der Waals surface area contributed by atoms with E-state index in [9.17, 15) is 9.18 Å². The molecular formula is C10H10BFN2O. The Bertz CT molecular complexity index is 585. The molecule has 0 fully saturated rings. The highest BCUT2D eigenvalue weighted by Crippen LogP contribution is 2.09. The number of fused-ring (bicyclic) bond motifs is 1. The molecule has 1 N–H and O–H groups in total. The van der Waals surface area contributed by atoms with Gasteiger partial charge in [-0.25, -0.2) is 9.37 Å². The topological polar surface area (TPSA) is 45.8 Å². The summed E-state index contributed by atoms with van der Waals surface area (Å²) in [7, 11) is 5.38. The largest absolute Gasteiger partial charge is 0.317 e. The molecule has 0 aliphatic heterocycles. The Labute approximate surface area is 88.2 Å². The Morgan fingerprint density at radius 1 is 1.60 bits per heavy atom. The van der Waals surface area contributed by atoms with Crippen LogP contribution in [0.4, 0.5) is 4.39 Å². The van der Waals surface area contributed by atoms with Gasteiger partial charge >= 0.3 is 0 Å².